The highest BCUT2D eigenvalue weighted by Gasteiger charge is 2.11. The van der Waals surface area contributed by atoms with Gasteiger partial charge in [0.05, 0.1) is 14.2 Å². The minimum absolute atomic E-state index is 0.244. The Balaban J connectivity index is 1.77. The second-order valence-electron chi connectivity index (χ2n) is 6.06. The van der Waals surface area contributed by atoms with Gasteiger partial charge >= 0.3 is 5.97 Å². The lowest BCUT2D eigenvalue weighted by atomic mass is 10.2. The van der Waals surface area contributed by atoms with Crippen LogP contribution in [0.1, 0.15) is 34.1 Å². The summed E-state index contributed by atoms with van der Waals surface area (Å²) in [6.45, 7) is 2.06. The molecule has 8 nitrogen and oxygen atoms in total. The lowest BCUT2D eigenvalue weighted by molar-refractivity contribution is -0.131. The molecule has 0 bridgehead atoms. The van der Waals surface area contributed by atoms with E-state index in [1.54, 1.807) is 36.4 Å². The molecule has 0 heterocycles. The maximum Gasteiger partial charge on any atom is 0.308 e. The molecule has 0 aliphatic heterocycles. The first kappa shape index (κ1) is 21.7. The minimum atomic E-state index is -0.451. The SMILES string of the molecule is COc1ccc(C(=O)NCCCNC(=O)c2cccc(OC(C)=O)c2)cc1OC. The van der Waals surface area contributed by atoms with Gasteiger partial charge < -0.3 is 24.8 Å². The summed E-state index contributed by atoms with van der Waals surface area (Å²) >= 11 is 0. The largest absolute Gasteiger partial charge is 0.493 e. The number of amides is 2. The maximum absolute atomic E-state index is 12.2. The number of carbonyl (C=O) groups excluding carboxylic acids is 3. The molecule has 0 atom stereocenters. The number of rotatable bonds is 9. The third-order valence-corrected chi connectivity index (χ3v) is 3.93. The molecule has 8 heteroatoms. The average Bonchev–Trinajstić information content (AvgIpc) is 2.72. The number of hydrogen-bond donors (Lipinski definition) is 2. The van der Waals surface area contributed by atoms with Crippen LogP contribution in [0.25, 0.3) is 0 Å². The van der Waals surface area contributed by atoms with Gasteiger partial charge in [0.25, 0.3) is 11.8 Å². The van der Waals surface area contributed by atoms with Gasteiger partial charge in [0, 0.05) is 31.1 Å². The number of hydrogen-bond acceptors (Lipinski definition) is 6. The molecule has 2 aromatic carbocycles. The molecule has 0 aliphatic rings. The lowest BCUT2D eigenvalue weighted by Gasteiger charge is -2.10. The summed E-state index contributed by atoms with van der Waals surface area (Å²) in [5.41, 5.74) is 0.840. The second-order valence-corrected chi connectivity index (χ2v) is 6.06. The Morgan fingerprint density at radius 3 is 2.03 bits per heavy atom. The molecule has 2 rings (SSSR count). The van der Waals surface area contributed by atoms with Crippen molar-refractivity contribution in [3.05, 3.63) is 53.6 Å². The lowest BCUT2D eigenvalue weighted by Crippen LogP contribution is -2.29. The minimum Gasteiger partial charge on any atom is -0.493 e. The molecule has 0 radical (unpaired) electrons. The van der Waals surface area contributed by atoms with E-state index in [0.29, 0.717) is 47.9 Å². The van der Waals surface area contributed by atoms with E-state index >= 15 is 0 Å². The van der Waals surface area contributed by atoms with E-state index in [-0.39, 0.29) is 11.8 Å². The van der Waals surface area contributed by atoms with Crippen molar-refractivity contribution in [2.24, 2.45) is 0 Å². The summed E-state index contributed by atoms with van der Waals surface area (Å²) in [5, 5.41) is 5.55. The third-order valence-electron chi connectivity index (χ3n) is 3.93. The number of esters is 1. The van der Waals surface area contributed by atoms with E-state index < -0.39 is 5.97 Å². The van der Waals surface area contributed by atoms with Crippen LogP contribution in [0.15, 0.2) is 42.5 Å². The van der Waals surface area contributed by atoms with E-state index in [1.807, 2.05) is 0 Å². The van der Waals surface area contributed by atoms with Crippen LogP contribution in [0.5, 0.6) is 17.2 Å². The van der Waals surface area contributed by atoms with Gasteiger partial charge in [-0.05, 0) is 42.8 Å². The highest BCUT2D eigenvalue weighted by atomic mass is 16.5. The van der Waals surface area contributed by atoms with Gasteiger partial charge in [0.1, 0.15) is 5.75 Å². The van der Waals surface area contributed by atoms with Gasteiger partial charge in [-0.3, -0.25) is 14.4 Å². The van der Waals surface area contributed by atoms with Crippen molar-refractivity contribution < 1.29 is 28.6 Å². The average molecular weight is 400 g/mol. The fourth-order valence-electron chi connectivity index (χ4n) is 2.54. The van der Waals surface area contributed by atoms with Crippen molar-refractivity contribution in [2.45, 2.75) is 13.3 Å². The number of benzene rings is 2. The summed E-state index contributed by atoms with van der Waals surface area (Å²) in [6.07, 6.45) is 0.550. The summed E-state index contributed by atoms with van der Waals surface area (Å²) in [6, 6.07) is 11.3. The number of ether oxygens (including phenoxy) is 3. The van der Waals surface area contributed by atoms with Crippen molar-refractivity contribution in [1.82, 2.24) is 10.6 Å². The first-order chi connectivity index (χ1) is 13.9. The Bertz CT molecular complexity index is 881. The molecule has 154 valence electrons. The fraction of sp³-hybridized carbons (Fsp3) is 0.286. The van der Waals surface area contributed by atoms with Gasteiger partial charge in [-0.25, -0.2) is 0 Å². The Labute approximate surface area is 169 Å². The summed E-state index contributed by atoms with van der Waals surface area (Å²) in [5.74, 6) is 0.352. The first-order valence-corrected chi connectivity index (χ1v) is 9.01. The smallest absolute Gasteiger partial charge is 0.308 e. The Morgan fingerprint density at radius 2 is 1.45 bits per heavy atom. The predicted octanol–water partition coefficient (Wildman–Crippen LogP) is 2.18. The number of methoxy groups -OCH3 is 2. The van der Waals surface area contributed by atoms with Crippen LogP contribution in [-0.4, -0.2) is 45.1 Å². The van der Waals surface area contributed by atoms with Crippen LogP contribution in [0.4, 0.5) is 0 Å². The second kappa shape index (κ2) is 10.7. The molecule has 0 aliphatic carbocycles. The van der Waals surface area contributed by atoms with Crippen LogP contribution in [-0.2, 0) is 4.79 Å². The zero-order chi connectivity index (χ0) is 21.2. The first-order valence-electron chi connectivity index (χ1n) is 9.01. The highest BCUT2D eigenvalue weighted by molar-refractivity contribution is 5.95. The Kier molecular flexibility index (Phi) is 8.02. The maximum atomic E-state index is 12.2. The molecule has 0 unspecified atom stereocenters. The van der Waals surface area contributed by atoms with Crippen LogP contribution in [0.2, 0.25) is 0 Å². The van der Waals surface area contributed by atoms with E-state index in [4.69, 9.17) is 14.2 Å². The van der Waals surface area contributed by atoms with Gasteiger partial charge in [-0.2, -0.15) is 0 Å². The monoisotopic (exact) mass is 400 g/mol. The molecule has 2 amide bonds. The van der Waals surface area contributed by atoms with Gasteiger partial charge in [0.2, 0.25) is 0 Å². The van der Waals surface area contributed by atoms with Crippen molar-refractivity contribution >= 4 is 17.8 Å². The van der Waals surface area contributed by atoms with Gasteiger partial charge in [-0.15, -0.1) is 0 Å². The molecule has 0 fully saturated rings. The predicted molar refractivity (Wildman–Crippen MR) is 107 cm³/mol. The van der Waals surface area contributed by atoms with Crippen LogP contribution in [0, 0.1) is 0 Å². The van der Waals surface area contributed by atoms with E-state index in [1.165, 1.54) is 27.2 Å². The zero-order valence-corrected chi connectivity index (χ0v) is 16.6. The van der Waals surface area contributed by atoms with E-state index in [9.17, 15) is 14.4 Å². The van der Waals surface area contributed by atoms with E-state index in [0.717, 1.165) is 0 Å². The van der Waals surface area contributed by atoms with E-state index in [2.05, 4.69) is 10.6 Å². The van der Waals surface area contributed by atoms with Crippen molar-refractivity contribution in [1.29, 1.82) is 0 Å². The molecule has 2 N–H and O–H groups in total. The fourth-order valence-corrected chi connectivity index (χ4v) is 2.54. The van der Waals surface area contributed by atoms with Crippen LogP contribution in [0.3, 0.4) is 0 Å². The quantitative estimate of drug-likeness (QED) is 0.380. The Hall–Kier alpha value is -3.55. The third kappa shape index (κ3) is 6.53. The highest BCUT2D eigenvalue weighted by Crippen LogP contribution is 2.27. The summed E-state index contributed by atoms with van der Waals surface area (Å²) in [7, 11) is 3.03. The molecule has 0 aromatic heterocycles. The molecular formula is C21H24N2O6. The van der Waals surface area contributed by atoms with Gasteiger partial charge in [0.15, 0.2) is 11.5 Å². The Morgan fingerprint density at radius 1 is 0.828 bits per heavy atom. The van der Waals surface area contributed by atoms with Crippen molar-refractivity contribution in [3.63, 3.8) is 0 Å². The topological polar surface area (TPSA) is 103 Å². The van der Waals surface area contributed by atoms with Crippen LogP contribution < -0.4 is 24.8 Å². The number of carbonyl (C=O) groups is 3. The molecule has 0 saturated heterocycles. The zero-order valence-electron chi connectivity index (χ0n) is 16.6. The van der Waals surface area contributed by atoms with Crippen LogP contribution >= 0.6 is 0 Å². The molecular weight excluding hydrogens is 376 g/mol. The van der Waals surface area contributed by atoms with Crippen molar-refractivity contribution in [3.8, 4) is 17.2 Å². The standard InChI is InChI=1S/C21H24N2O6/c1-14(24)29-17-7-4-6-15(12-17)20(25)22-10-5-11-23-21(26)16-8-9-18(27-2)19(13-16)28-3/h4,6-9,12-13H,5,10-11H2,1-3H3,(H,22,25)(H,23,26). The molecule has 0 spiro atoms. The summed E-state index contributed by atoms with van der Waals surface area (Å²) in [4.78, 5) is 35.4. The number of nitrogens with one attached hydrogen (secondary N) is 2. The summed E-state index contributed by atoms with van der Waals surface area (Å²) < 4.78 is 15.3. The molecule has 29 heavy (non-hydrogen) atoms. The van der Waals surface area contributed by atoms with Crippen molar-refractivity contribution in [2.75, 3.05) is 27.3 Å². The van der Waals surface area contributed by atoms with Gasteiger partial charge in [-0.1, -0.05) is 6.07 Å². The molecule has 2 aromatic rings. The normalized spacial score (nSPS) is 10.0. The molecule has 0 saturated carbocycles.